The maximum absolute atomic E-state index is 5.87. The van der Waals surface area contributed by atoms with E-state index in [1.165, 1.54) is 0 Å². The molecule has 2 rings (SSSR count). The molecule has 1 aromatic heterocycles. The van der Waals surface area contributed by atoms with E-state index in [9.17, 15) is 0 Å². The number of rotatable bonds is 7. The van der Waals surface area contributed by atoms with Crippen molar-refractivity contribution in [2.45, 2.75) is 19.4 Å². The van der Waals surface area contributed by atoms with Crippen LogP contribution in [0.2, 0.25) is 0 Å². The zero-order valence-corrected chi connectivity index (χ0v) is 11.8. The largest absolute Gasteiger partial charge is 0.490 e. The Balaban J connectivity index is 2.15. The predicted octanol–water partition coefficient (Wildman–Crippen LogP) is 2.98. The van der Waals surface area contributed by atoms with Crippen LogP contribution in [0.4, 0.5) is 5.82 Å². The lowest BCUT2D eigenvalue weighted by atomic mass is 10.1. The van der Waals surface area contributed by atoms with E-state index in [-0.39, 0.29) is 6.04 Å². The van der Waals surface area contributed by atoms with Crippen LogP contribution >= 0.6 is 0 Å². The first-order valence-electron chi connectivity index (χ1n) is 6.94. The van der Waals surface area contributed by atoms with E-state index in [4.69, 9.17) is 10.5 Å². The van der Waals surface area contributed by atoms with Crippen molar-refractivity contribution in [3.63, 3.8) is 0 Å². The third-order valence-electron chi connectivity index (χ3n) is 2.98. The molecular formula is C16H21N3O. The molecule has 0 bridgehead atoms. The number of anilines is 1. The van der Waals surface area contributed by atoms with Crippen molar-refractivity contribution in [3.8, 4) is 5.75 Å². The van der Waals surface area contributed by atoms with Gasteiger partial charge in [0, 0.05) is 12.7 Å². The number of pyridine rings is 1. The Morgan fingerprint density at radius 3 is 2.70 bits per heavy atom. The molecule has 106 valence electrons. The van der Waals surface area contributed by atoms with Crippen molar-refractivity contribution in [1.82, 2.24) is 4.98 Å². The molecule has 2 aromatic rings. The third kappa shape index (κ3) is 3.71. The summed E-state index contributed by atoms with van der Waals surface area (Å²) in [5, 5.41) is 3.36. The van der Waals surface area contributed by atoms with Crippen molar-refractivity contribution in [2.75, 3.05) is 18.5 Å². The van der Waals surface area contributed by atoms with Crippen molar-refractivity contribution in [3.05, 3.63) is 54.2 Å². The summed E-state index contributed by atoms with van der Waals surface area (Å²) in [6.45, 7) is 3.25. The fourth-order valence-corrected chi connectivity index (χ4v) is 1.96. The number of hydrogen-bond donors (Lipinski definition) is 2. The van der Waals surface area contributed by atoms with Gasteiger partial charge < -0.3 is 15.8 Å². The van der Waals surface area contributed by atoms with Crippen LogP contribution in [0, 0.1) is 0 Å². The molecule has 4 heteroatoms. The van der Waals surface area contributed by atoms with Crippen LogP contribution in [-0.4, -0.2) is 18.1 Å². The van der Waals surface area contributed by atoms with Crippen LogP contribution in [0.15, 0.2) is 48.7 Å². The second kappa shape index (κ2) is 7.50. The molecule has 0 amide bonds. The number of ether oxygens (including phenoxy) is 1. The maximum Gasteiger partial charge on any atom is 0.169 e. The van der Waals surface area contributed by atoms with Crippen molar-refractivity contribution >= 4 is 5.82 Å². The molecule has 1 aromatic carbocycles. The Kier molecular flexibility index (Phi) is 5.38. The highest BCUT2D eigenvalue weighted by atomic mass is 16.5. The molecule has 1 atom stereocenters. The summed E-state index contributed by atoms with van der Waals surface area (Å²) in [7, 11) is 0. The van der Waals surface area contributed by atoms with E-state index in [1.54, 1.807) is 6.20 Å². The number of hydrogen-bond acceptors (Lipinski definition) is 4. The van der Waals surface area contributed by atoms with Gasteiger partial charge in [0.1, 0.15) is 0 Å². The second-order valence-corrected chi connectivity index (χ2v) is 4.54. The van der Waals surface area contributed by atoms with Gasteiger partial charge in [-0.15, -0.1) is 0 Å². The van der Waals surface area contributed by atoms with E-state index in [2.05, 4.69) is 29.4 Å². The Labute approximate surface area is 120 Å². The summed E-state index contributed by atoms with van der Waals surface area (Å²) < 4.78 is 5.70. The molecule has 0 aliphatic carbocycles. The lowest BCUT2D eigenvalue weighted by Gasteiger charge is -2.19. The third-order valence-corrected chi connectivity index (χ3v) is 2.98. The molecule has 0 saturated carbocycles. The van der Waals surface area contributed by atoms with E-state index >= 15 is 0 Å². The van der Waals surface area contributed by atoms with Crippen LogP contribution in [0.25, 0.3) is 0 Å². The average Bonchev–Trinajstić information content (AvgIpc) is 2.52. The number of nitrogens with two attached hydrogens (primary N) is 1. The van der Waals surface area contributed by atoms with Gasteiger partial charge in [-0.05, 0) is 24.1 Å². The standard InChI is InChI=1S/C16H21N3O/c1-2-11-20-15-9-6-10-18-16(15)19-14(12-17)13-7-4-3-5-8-13/h3-10,14H,2,11-12,17H2,1H3,(H,18,19). The van der Waals surface area contributed by atoms with Gasteiger partial charge in [0.25, 0.3) is 0 Å². The van der Waals surface area contributed by atoms with Crippen LogP contribution in [0.1, 0.15) is 24.9 Å². The number of benzene rings is 1. The van der Waals surface area contributed by atoms with Gasteiger partial charge in [-0.2, -0.15) is 0 Å². The Hall–Kier alpha value is -2.07. The first kappa shape index (κ1) is 14.3. The Bertz CT molecular complexity index is 516. The van der Waals surface area contributed by atoms with Gasteiger partial charge in [-0.3, -0.25) is 0 Å². The van der Waals surface area contributed by atoms with Gasteiger partial charge in [-0.1, -0.05) is 37.3 Å². The molecule has 3 N–H and O–H groups in total. The number of nitrogens with zero attached hydrogens (tertiary/aromatic N) is 1. The van der Waals surface area contributed by atoms with E-state index < -0.39 is 0 Å². The summed E-state index contributed by atoms with van der Waals surface area (Å²) >= 11 is 0. The normalized spacial score (nSPS) is 11.9. The Morgan fingerprint density at radius 1 is 1.20 bits per heavy atom. The highest BCUT2D eigenvalue weighted by Gasteiger charge is 2.12. The SMILES string of the molecule is CCCOc1cccnc1NC(CN)c1ccccc1. The summed E-state index contributed by atoms with van der Waals surface area (Å²) in [6, 6.07) is 13.9. The van der Waals surface area contributed by atoms with Gasteiger partial charge in [0.2, 0.25) is 0 Å². The molecule has 0 aliphatic rings. The highest BCUT2D eigenvalue weighted by molar-refractivity contribution is 5.51. The van der Waals surface area contributed by atoms with E-state index in [0.717, 1.165) is 23.6 Å². The lowest BCUT2D eigenvalue weighted by molar-refractivity contribution is 0.317. The minimum atomic E-state index is 0.0232. The quantitative estimate of drug-likeness (QED) is 0.812. The molecule has 0 spiro atoms. The van der Waals surface area contributed by atoms with Gasteiger partial charge in [0.05, 0.1) is 12.6 Å². The van der Waals surface area contributed by atoms with Crippen LogP contribution < -0.4 is 15.8 Å². The maximum atomic E-state index is 5.87. The minimum Gasteiger partial charge on any atom is -0.490 e. The average molecular weight is 271 g/mol. The fraction of sp³-hybridized carbons (Fsp3) is 0.312. The zero-order valence-electron chi connectivity index (χ0n) is 11.8. The Morgan fingerprint density at radius 2 is 2.00 bits per heavy atom. The monoisotopic (exact) mass is 271 g/mol. The smallest absolute Gasteiger partial charge is 0.169 e. The summed E-state index contributed by atoms with van der Waals surface area (Å²) in [6.07, 6.45) is 2.72. The molecule has 0 aliphatic heterocycles. The molecule has 0 saturated heterocycles. The van der Waals surface area contributed by atoms with E-state index in [1.807, 2.05) is 30.3 Å². The molecule has 1 unspecified atom stereocenters. The van der Waals surface area contributed by atoms with Gasteiger partial charge >= 0.3 is 0 Å². The van der Waals surface area contributed by atoms with Crippen LogP contribution in [-0.2, 0) is 0 Å². The summed E-state index contributed by atoms with van der Waals surface area (Å²) in [4.78, 5) is 4.35. The van der Waals surface area contributed by atoms with Crippen molar-refractivity contribution in [1.29, 1.82) is 0 Å². The number of nitrogens with one attached hydrogen (secondary N) is 1. The topological polar surface area (TPSA) is 60.2 Å². The van der Waals surface area contributed by atoms with Crippen molar-refractivity contribution < 1.29 is 4.74 Å². The molecule has 4 nitrogen and oxygen atoms in total. The van der Waals surface area contributed by atoms with Crippen LogP contribution in [0.5, 0.6) is 5.75 Å². The minimum absolute atomic E-state index is 0.0232. The predicted molar refractivity (Wildman–Crippen MR) is 81.9 cm³/mol. The number of aromatic nitrogens is 1. The first-order valence-corrected chi connectivity index (χ1v) is 6.94. The molecule has 20 heavy (non-hydrogen) atoms. The fourth-order valence-electron chi connectivity index (χ4n) is 1.96. The second-order valence-electron chi connectivity index (χ2n) is 4.54. The highest BCUT2D eigenvalue weighted by Crippen LogP contribution is 2.25. The molecular weight excluding hydrogens is 250 g/mol. The zero-order chi connectivity index (χ0) is 14.2. The summed E-state index contributed by atoms with van der Waals surface area (Å²) in [5.74, 6) is 1.50. The van der Waals surface area contributed by atoms with Crippen LogP contribution in [0.3, 0.4) is 0 Å². The lowest BCUT2D eigenvalue weighted by Crippen LogP contribution is -2.21. The van der Waals surface area contributed by atoms with Gasteiger partial charge in [0.15, 0.2) is 11.6 Å². The molecule has 1 heterocycles. The van der Waals surface area contributed by atoms with Crippen molar-refractivity contribution in [2.24, 2.45) is 5.73 Å². The first-order chi connectivity index (χ1) is 9.85. The molecule has 0 radical (unpaired) electrons. The summed E-state index contributed by atoms with van der Waals surface area (Å²) in [5.41, 5.74) is 7.01. The molecule has 0 fully saturated rings. The van der Waals surface area contributed by atoms with Gasteiger partial charge in [-0.25, -0.2) is 4.98 Å². The van der Waals surface area contributed by atoms with E-state index in [0.29, 0.717) is 13.2 Å².